The van der Waals surface area contributed by atoms with Gasteiger partial charge < -0.3 is 0 Å². The number of rotatable bonds is 2. The summed E-state index contributed by atoms with van der Waals surface area (Å²) in [6.45, 7) is 0. The number of pyridine rings is 1. The van der Waals surface area contributed by atoms with Crippen molar-refractivity contribution in [3.05, 3.63) is 23.9 Å². The Morgan fingerprint density at radius 1 is 1.17 bits per heavy atom. The molecule has 1 aromatic rings. The molecule has 0 saturated carbocycles. The Morgan fingerprint density at radius 3 is 2.06 bits per heavy atom. The molecule has 1 heterocycles. The molecular weight excluding hydrogens is 520 g/mol. The highest BCUT2D eigenvalue weighted by atomic mass is 80.0. The molecule has 0 amide bonds. The van der Waals surface area contributed by atoms with Crippen molar-refractivity contribution in [2.24, 2.45) is 0 Å². The van der Waals surface area contributed by atoms with Crippen LogP contribution in [0.1, 0.15) is 5.56 Å². The number of hydrogen-bond donors (Lipinski definition) is 0. The molecule has 0 radical (unpaired) electrons. The highest BCUT2D eigenvalue weighted by molar-refractivity contribution is 9.39. The van der Waals surface area contributed by atoms with Gasteiger partial charge in [-0.15, -0.1) is 0 Å². The minimum absolute atomic E-state index is 0.282. The molecule has 0 N–H and O–H groups in total. The fourth-order valence-corrected chi connectivity index (χ4v) is 3.38. The molecule has 0 aliphatic rings. The minimum atomic E-state index is -4.09. The van der Waals surface area contributed by atoms with Gasteiger partial charge >= 0.3 is 0 Å². The Hall–Kier alpha value is 1.41. The first kappa shape index (κ1) is 17.5. The van der Waals surface area contributed by atoms with Crippen LogP contribution in [0.2, 0.25) is 0 Å². The quantitative estimate of drug-likeness (QED) is 0.532. The lowest BCUT2D eigenvalue weighted by atomic mass is 10.2. The maximum atomic E-state index is 11.8. The second-order valence-electron chi connectivity index (χ2n) is 3.25. The Kier molecular flexibility index (Phi) is 5.85. The van der Waals surface area contributed by atoms with E-state index in [-0.39, 0.29) is 5.03 Å². The van der Waals surface area contributed by atoms with Crippen LogP contribution in [0.15, 0.2) is 23.4 Å². The molecule has 18 heavy (non-hydrogen) atoms. The standard InChI is InChI=1S/C8H5Br3Cl3NO2S/c9-7(10,11)3-5-1-2-6(15-4-5)18(16,17)8(12,13)14/h1-2,4H,3H2. The van der Waals surface area contributed by atoms with E-state index < -0.39 is 15.1 Å². The van der Waals surface area contributed by atoms with Crippen molar-refractivity contribution in [2.45, 2.75) is 16.7 Å². The molecule has 0 atom stereocenters. The van der Waals surface area contributed by atoms with Gasteiger partial charge in [-0.1, -0.05) is 88.7 Å². The Labute approximate surface area is 145 Å². The summed E-state index contributed by atoms with van der Waals surface area (Å²) < 4.78 is 20.6. The predicted octanol–water partition coefficient (Wildman–Crippen LogP) is 4.56. The molecule has 102 valence electrons. The van der Waals surface area contributed by atoms with Crippen LogP contribution in [0.25, 0.3) is 0 Å². The van der Waals surface area contributed by atoms with E-state index in [4.69, 9.17) is 34.8 Å². The van der Waals surface area contributed by atoms with Gasteiger partial charge in [0.25, 0.3) is 3.12 Å². The number of aromatic nitrogens is 1. The van der Waals surface area contributed by atoms with Crippen LogP contribution in [-0.4, -0.2) is 18.7 Å². The van der Waals surface area contributed by atoms with Crippen molar-refractivity contribution in [3.8, 4) is 0 Å². The van der Waals surface area contributed by atoms with Crippen LogP contribution >= 0.6 is 82.6 Å². The zero-order valence-corrected chi connectivity index (χ0v) is 16.2. The van der Waals surface area contributed by atoms with E-state index in [0.29, 0.717) is 6.42 Å². The molecule has 10 heteroatoms. The fraction of sp³-hybridized carbons (Fsp3) is 0.375. The SMILES string of the molecule is O=S(=O)(c1ccc(CC(Br)(Br)Br)cn1)C(Cl)(Cl)Cl. The van der Waals surface area contributed by atoms with Gasteiger partial charge in [0.2, 0.25) is 9.84 Å². The maximum absolute atomic E-state index is 11.8. The third-order valence-electron chi connectivity index (χ3n) is 1.78. The van der Waals surface area contributed by atoms with Gasteiger partial charge in [-0.05, 0) is 11.6 Å². The van der Waals surface area contributed by atoms with Crippen LogP contribution in [0.3, 0.4) is 0 Å². The molecule has 1 rings (SSSR count). The van der Waals surface area contributed by atoms with E-state index in [2.05, 4.69) is 52.8 Å². The third kappa shape index (κ3) is 4.75. The van der Waals surface area contributed by atoms with E-state index in [0.717, 1.165) is 5.56 Å². The number of sulfone groups is 1. The molecule has 0 aliphatic carbocycles. The number of alkyl halides is 6. The fourth-order valence-electron chi connectivity index (χ4n) is 1.02. The summed E-state index contributed by atoms with van der Waals surface area (Å²) in [7, 11) is -4.09. The summed E-state index contributed by atoms with van der Waals surface area (Å²) >= 11 is 26.1. The number of hydrogen-bond acceptors (Lipinski definition) is 3. The summed E-state index contributed by atoms with van der Waals surface area (Å²) in [5, 5.41) is -0.282. The molecule has 0 bridgehead atoms. The smallest absolute Gasteiger partial charge is 0.244 e. The van der Waals surface area contributed by atoms with Crippen molar-refractivity contribution in [1.82, 2.24) is 4.98 Å². The molecule has 0 spiro atoms. The number of halogens is 6. The van der Waals surface area contributed by atoms with Gasteiger partial charge in [0.1, 0.15) is 2.14 Å². The van der Waals surface area contributed by atoms with E-state index >= 15 is 0 Å². The van der Waals surface area contributed by atoms with Crippen LogP contribution in [0.4, 0.5) is 0 Å². The van der Waals surface area contributed by atoms with E-state index in [1.807, 2.05) is 0 Å². The highest BCUT2D eigenvalue weighted by Crippen LogP contribution is 2.38. The molecule has 0 aliphatic heterocycles. The Bertz CT molecular complexity index is 522. The molecular formula is C8H5Br3Cl3NO2S. The van der Waals surface area contributed by atoms with Gasteiger partial charge in [0.05, 0.1) is 0 Å². The molecule has 0 unspecified atom stereocenters. The average molecular weight is 525 g/mol. The van der Waals surface area contributed by atoms with Gasteiger partial charge in [0, 0.05) is 12.6 Å². The van der Waals surface area contributed by atoms with Gasteiger partial charge in [-0.2, -0.15) is 0 Å². The van der Waals surface area contributed by atoms with Crippen molar-refractivity contribution in [2.75, 3.05) is 0 Å². The average Bonchev–Trinajstić information content (AvgIpc) is 2.14. The van der Waals surface area contributed by atoms with Gasteiger partial charge in [-0.3, -0.25) is 0 Å². The zero-order valence-electron chi connectivity index (χ0n) is 8.38. The summed E-state index contributed by atoms with van der Waals surface area (Å²) in [5.74, 6) is 0. The van der Waals surface area contributed by atoms with Crippen LogP contribution in [-0.2, 0) is 16.3 Å². The summed E-state index contributed by atoms with van der Waals surface area (Å²) in [6.07, 6.45) is 1.94. The lowest BCUT2D eigenvalue weighted by Gasteiger charge is -2.13. The minimum Gasteiger partial charge on any atom is -0.244 e. The second kappa shape index (κ2) is 6.03. The summed E-state index contributed by atoms with van der Waals surface area (Å²) in [6, 6.07) is 2.89. The maximum Gasteiger partial charge on any atom is 0.298 e. The van der Waals surface area contributed by atoms with Crippen molar-refractivity contribution < 1.29 is 8.42 Å². The van der Waals surface area contributed by atoms with E-state index in [1.165, 1.54) is 12.3 Å². The molecule has 0 fully saturated rings. The van der Waals surface area contributed by atoms with Crippen molar-refractivity contribution in [3.63, 3.8) is 0 Å². The van der Waals surface area contributed by atoms with Crippen molar-refractivity contribution >= 4 is 92.4 Å². The largest absolute Gasteiger partial charge is 0.298 e. The number of nitrogens with zero attached hydrogens (tertiary/aromatic N) is 1. The second-order valence-corrected chi connectivity index (χ2v) is 15.5. The van der Waals surface area contributed by atoms with Gasteiger partial charge in [0.15, 0.2) is 5.03 Å². The molecule has 0 saturated heterocycles. The Balaban J connectivity index is 3.05. The third-order valence-corrected chi connectivity index (χ3v) is 5.85. The lowest BCUT2D eigenvalue weighted by Crippen LogP contribution is -2.20. The molecule has 3 nitrogen and oxygen atoms in total. The highest BCUT2D eigenvalue weighted by Gasteiger charge is 2.40. The Morgan fingerprint density at radius 2 is 1.72 bits per heavy atom. The van der Waals surface area contributed by atoms with Crippen molar-refractivity contribution in [1.29, 1.82) is 0 Å². The summed E-state index contributed by atoms with van der Waals surface area (Å²) in [5.41, 5.74) is 0.795. The van der Waals surface area contributed by atoms with E-state index in [1.54, 1.807) is 6.07 Å². The van der Waals surface area contributed by atoms with Gasteiger partial charge in [-0.25, -0.2) is 13.4 Å². The normalized spacial score (nSPS) is 13.7. The summed E-state index contributed by atoms with van der Waals surface area (Å²) in [4.78, 5) is 3.80. The monoisotopic (exact) mass is 521 g/mol. The van der Waals surface area contributed by atoms with E-state index in [9.17, 15) is 8.42 Å². The first-order valence-corrected chi connectivity index (χ1v) is 9.26. The predicted molar refractivity (Wildman–Crippen MR) is 84.9 cm³/mol. The topological polar surface area (TPSA) is 47.0 Å². The zero-order chi connectivity index (χ0) is 14.2. The van der Waals surface area contributed by atoms with Crippen LogP contribution < -0.4 is 0 Å². The lowest BCUT2D eigenvalue weighted by molar-refractivity contribution is 0.592. The first-order chi connectivity index (χ1) is 7.93. The first-order valence-electron chi connectivity index (χ1n) is 4.26. The molecule has 0 aromatic carbocycles. The van der Waals surface area contributed by atoms with Crippen LogP contribution in [0.5, 0.6) is 0 Å². The van der Waals surface area contributed by atoms with Crippen LogP contribution in [0, 0.1) is 0 Å². The molecule has 1 aromatic heterocycles.